The van der Waals surface area contributed by atoms with Crippen molar-refractivity contribution in [3.8, 4) is 5.75 Å². The van der Waals surface area contributed by atoms with Crippen molar-refractivity contribution in [2.75, 3.05) is 26.3 Å². The summed E-state index contributed by atoms with van der Waals surface area (Å²) in [6.45, 7) is 10.0. The van der Waals surface area contributed by atoms with Crippen LogP contribution in [0.2, 0.25) is 0 Å². The smallest absolute Gasteiger partial charge is 0.119 e. The lowest BCUT2D eigenvalue weighted by atomic mass is 10.2. The maximum absolute atomic E-state index is 5.86. The van der Waals surface area contributed by atoms with Crippen LogP contribution in [0.25, 0.3) is 0 Å². The molecule has 1 unspecified atom stereocenters. The molecule has 0 aliphatic carbocycles. The Labute approximate surface area is 116 Å². The Morgan fingerprint density at radius 2 is 2.26 bits per heavy atom. The molecule has 0 spiro atoms. The van der Waals surface area contributed by atoms with Gasteiger partial charge in [0, 0.05) is 19.1 Å². The summed E-state index contributed by atoms with van der Waals surface area (Å²) >= 11 is 0. The van der Waals surface area contributed by atoms with Crippen molar-refractivity contribution in [3.05, 3.63) is 29.8 Å². The van der Waals surface area contributed by atoms with E-state index in [1.807, 2.05) is 6.07 Å². The van der Waals surface area contributed by atoms with E-state index in [0.717, 1.165) is 31.9 Å². The normalized spacial score (nSPS) is 20.7. The lowest BCUT2D eigenvalue weighted by molar-refractivity contribution is -0.0564. The first-order valence-corrected chi connectivity index (χ1v) is 7.26. The minimum absolute atomic E-state index is 0.182. The van der Waals surface area contributed by atoms with Crippen LogP contribution < -0.4 is 4.74 Å². The van der Waals surface area contributed by atoms with Gasteiger partial charge >= 0.3 is 0 Å². The molecule has 3 heteroatoms. The molecule has 0 aromatic heterocycles. The molecule has 0 amide bonds. The molecule has 1 fully saturated rings. The summed E-state index contributed by atoms with van der Waals surface area (Å²) in [6, 6.07) is 8.89. The third-order valence-corrected chi connectivity index (χ3v) is 3.64. The first-order chi connectivity index (χ1) is 9.19. The lowest BCUT2D eigenvalue weighted by Gasteiger charge is -2.35. The van der Waals surface area contributed by atoms with Crippen molar-refractivity contribution >= 4 is 0 Å². The third-order valence-electron chi connectivity index (χ3n) is 3.64. The van der Waals surface area contributed by atoms with E-state index < -0.39 is 0 Å². The van der Waals surface area contributed by atoms with Gasteiger partial charge in [0.25, 0.3) is 0 Å². The summed E-state index contributed by atoms with van der Waals surface area (Å²) < 4.78 is 11.6. The van der Waals surface area contributed by atoms with Crippen LogP contribution in [-0.4, -0.2) is 43.3 Å². The van der Waals surface area contributed by atoms with E-state index in [0.29, 0.717) is 12.6 Å². The topological polar surface area (TPSA) is 21.7 Å². The van der Waals surface area contributed by atoms with Crippen LogP contribution in [0.4, 0.5) is 0 Å². The molecule has 106 valence electrons. The summed E-state index contributed by atoms with van der Waals surface area (Å²) in [6.07, 6.45) is 1.22. The minimum Gasteiger partial charge on any atom is -0.491 e. The maximum atomic E-state index is 5.86. The number of benzene rings is 1. The molecule has 1 aliphatic heterocycles. The zero-order chi connectivity index (χ0) is 13.7. The summed E-state index contributed by atoms with van der Waals surface area (Å²) in [5, 5.41) is 0. The monoisotopic (exact) mass is 263 g/mol. The Morgan fingerprint density at radius 3 is 3.00 bits per heavy atom. The molecule has 1 aromatic carbocycles. The van der Waals surface area contributed by atoms with Crippen molar-refractivity contribution < 1.29 is 9.47 Å². The fraction of sp³-hybridized carbons (Fsp3) is 0.625. The predicted molar refractivity (Wildman–Crippen MR) is 77.8 cm³/mol. The number of ether oxygens (including phenoxy) is 2. The van der Waals surface area contributed by atoms with Gasteiger partial charge in [0.1, 0.15) is 18.5 Å². The van der Waals surface area contributed by atoms with Crippen LogP contribution in [0.3, 0.4) is 0 Å². The van der Waals surface area contributed by atoms with Gasteiger partial charge in [0.05, 0.1) is 6.61 Å². The largest absolute Gasteiger partial charge is 0.491 e. The maximum Gasteiger partial charge on any atom is 0.119 e. The van der Waals surface area contributed by atoms with Gasteiger partial charge in [-0.25, -0.2) is 0 Å². The first-order valence-electron chi connectivity index (χ1n) is 7.26. The van der Waals surface area contributed by atoms with Crippen LogP contribution in [0.5, 0.6) is 5.75 Å². The van der Waals surface area contributed by atoms with E-state index in [4.69, 9.17) is 9.47 Å². The standard InChI is InChI=1S/C16H25NO2/c1-4-14-6-5-7-15(10-14)19-12-16-11-17(13(2)3)8-9-18-16/h5-7,10,13,16H,4,8-9,11-12H2,1-3H3. The molecule has 1 aliphatic rings. The van der Waals surface area contributed by atoms with E-state index in [1.165, 1.54) is 5.56 Å². The second-order valence-electron chi connectivity index (χ2n) is 5.39. The van der Waals surface area contributed by atoms with Gasteiger partial charge in [0.2, 0.25) is 0 Å². The van der Waals surface area contributed by atoms with E-state index in [1.54, 1.807) is 0 Å². The fourth-order valence-electron chi connectivity index (χ4n) is 2.36. The molecular weight excluding hydrogens is 238 g/mol. The van der Waals surface area contributed by atoms with Crippen molar-refractivity contribution in [1.29, 1.82) is 0 Å². The van der Waals surface area contributed by atoms with Gasteiger partial charge in [-0.05, 0) is 38.0 Å². The first kappa shape index (κ1) is 14.4. The fourth-order valence-corrected chi connectivity index (χ4v) is 2.36. The van der Waals surface area contributed by atoms with E-state index in [2.05, 4.69) is 43.9 Å². The Hall–Kier alpha value is -1.06. The van der Waals surface area contributed by atoms with Crippen molar-refractivity contribution in [1.82, 2.24) is 4.90 Å². The number of hydrogen-bond donors (Lipinski definition) is 0. The Bertz CT molecular complexity index is 392. The second kappa shape index (κ2) is 6.92. The summed E-state index contributed by atoms with van der Waals surface area (Å²) in [7, 11) is 0. The second-order valence-corrected chi connectivity index (χ2v) is 5.39. The minimum atomic E-state index is 0.182. The van der Waals surface area contributed by atoms with Gasteiger partial charge < -0.3 is 9.47 Å². The molecule has 1 heterocycles. The average molecular weight is 263 g/mol. The van der Waals surface area contributed by atoms with Gasteiger partial charge in [-0.15, -0.1) is 0 Å². The number of nitrogens with zero attached hydrogens (tertiary/aromatic N) is 1. The highest BCUT2D eigenvalue weighted by molar-refractivity contribution is 5.28. The molecule has 19 heavy (non-hydrogen) atoms. The van der Waals surface area contributed by atoms with Crippen molar-refractivity contribution in [3.63, 3.8) is 0 Å². The summed E-state index contributed by atoms with van der Waals surface area (Å²) in [5.74, 6) is 0.949. The third kappa shape index (κ3) is 4.22. The van der Waals surface area contributed by atoms with E-state index in [-0.39, 0.29) is 6.10 Å². The summed E-state index contributed by atoms with van der Waals surface area (Å²) in [4.78, 5) is 2.44. The molecule has 1 saturated heterocycles. The molecule has 0 bridgehead atoms. The Morgan fingerprint density at radius 1 is 1.42 bits per heavy atom. The molecule has 1 atom stereocenters. The molecule has 3 nitrogen and oxygen atoms in total. The van der Waals surface area contributed by atoms with E-state index in [9.17, 15) is 0 Å². The average Bonchev–Trinajstić information content (AvgIpc) is 2.45. The number of rotatable bonds is 5. The van der Waals surface area contributed by atoms with Crippen molar-refractivity contribution in [2.45, 2.75) is 39.3 Å². The zero-order valence-corrected chi connectivity index (χ0v) is 12.3. The number of hydrogen-bond acceptors (Lipinski definition) is 3. The molecular formula is C16H25NO2. The molecule has 0 saturated carbocycles. The van der Waals surface area contributed by atoms with Crippen LogP contribution in [-0.2, 0) is 11.2 Å². The van der Waals surface area contributed by atoms with Gasteiger partial charge in [-0.1, -0.05) is 19.1 Å². The van der Waals surface area contributed by atoms with Crippen LogP contribution >= 0.6 is 0 Å². The van der Waals surface area contributed by atoms with Crippen molar-refractivity contribution in [2.24, 2.45) is 0 Å². The number of morpholine rings is 1. The highest BCUT2D eigenvalue weighted by Crippen LogP contribution is 2.15. The van der Waals surface area contributed by atoms with Crippen LogP contribution in [0.15, 0.2) is 24.3 Å². The van der Waals surface area contributed by atoms with Gasteiger partial charge in [-0.3, -0.25) is 4.90 Å². The molecule has 1 aromatic rings. The lowest BCUT2D eigenvalue weighted by Crippen LogP contribution is -2.47. The predicted octanol–water partition coefficient (Wildman–Crippen LogP) is 2.74. The van der Waals surface area contributed by atoms with Crippen LogP contribution in [0, 0.1) is 0 Å². The highest BCUT2D eigenvalue weighted by atomic mass is 16.5. The van der Waals surface area contributed by atoms with E-state index >= 15 is 0 Å². The van der Waals surface area contributed by atoms with Gasteiger partial charge in [-0.2, -0.15) is 0 Å². The summed E-state index contributed by atoms with van der Waals surface area (Å²) in [5.41, 5.74) is 1.31. The van der Waals surface area contributed by atoms with Crippen LogP contribution in [0.1, 0.15) is 26.3 Å². The SMILES string of the molecule is CCc1cccc(OCC2CN(C(C)C)CCO2)c1. The quantitative estimate of drug-likeness (QED) is 0.815. The highest BCUT2D eigenvalue weighted by Gasteiger charge is 2.22. The molecule has 2 rings (SSSR count). The number of aryl methyl sites for hydroxylation is 1. The Kier molecular flexibility index (Phi) is 5.23. The van der Waals surface area contributed by atoms with Gasteiger partial charge in [0.15, 0.2) is 0 Å². The zero-order valence-electron chi connectivity index (χ0n) is 12.3. The molecule has 0 radical (unpaired) electrons. The Balaban J connectivity index is 1.84. The molecule has 0 N–H and O–H groups in total.